The summed E-state index contributed by atoms with van der Waals surface area (Å²) in [7, 11) is -1.48. The van der Waals surface area contributed by atoms with Gasteiger partial charge in [-0.25, -0.2) is 0 Å². The first-order valence-electron chi connectivity index (χ1n) is 6.01. The maximum Gasteiger partial charge on any atom is 0.488 e. The number of ether oxygens (including phenoxy) is 1. The first-order chi connectivity index (χ1) is 9.49. The fraction of sp³-hybridized carbons (Fsp3) is 0.143. The van der Waals surface area contributed by atoms with E-state index in [1.54, 1.807) is 31.2 Å². The van der Waals surface area contributed by atoms with Crippen molar-refractivity contribution in [2.45, 2.75) is 13.5 Å². The van der Waals surface area contributed by atoms with Crippen molar-refractivity contribution in [2.24, 2.45) is 0 Å². The summed E-state index contributed by atoms with van der Waals surface area (Å²) in [4.78, 5) is 0. The van der Waals surface area contributed by atoms with E-state index >= 15 is 0 Å². The Balaban J connectivity index is 2.11. The zero-order valence-electron chi connectivity index (χ0n) is 10.8. The van der Waals surface area contributed by atoms with Gasteiger partial charge < -0.3 is 14.8 Å². The summed E-state index contributed by atoms with van der Waals surface area (Å²) in [6.07, 6.45) is 0. The molecule has 0 heterocycles. The van der Waals surface area contributed by atoms with Crippen molar-refractivity contribution in [3.63, 3.8) is 0 Å². The standard InChI is InChI=1S/C14H13BCl2O3/c1-9-7-11(5-6-12(9)15(18)19)20-8-10-3-2-4-13(16)14(10)17/h2-7,18-19H,8H2,1H3. The van der Waals surface area contributed by atoms with E-state index in [1.165, 1.54) is 0 Å². The SMILES string of the molecule is Cc1cc(OCc2cccc(Cl)c2Cl)ccc1B(O)O. The van der Waals surface area contributed by atoms with Crippen LogP contribution in [-0.4, -0.2) is 17.2 Å². The fourth-order valence-electron chi connectivity index (χ4n) is 1.85. The largest absolute Gasteiger partial charge is 0.489 e. The Hall–Kier alpha value is -1.20. The zero-order chi connectivity index (χ0) is 14.7. The second-order valence-corrected chi connectivity index (χ2v) is 5.18. The Morgan fingerprint density at radius 1 is 1.15 bits per heavy atom. The van der Waals surface area contributed by atoms with Crippen LogP contribution in [0.25, 0.3) is 0 Å². The van der Waals surface area contributed by atoms with Gasteiger partial charge in [0.15, 0.2) is 0 Å². The van der Waals surface area contributed by atoms with E-state index in [4.69, 9.17) is 38.0 Å². The molecule has 6 heteroatoms. The molecule has 0 amide bonds. The summed E-state index contributed by atoms with van der Waals surface area (Å²) in [5, 5.41) is 19.3. The minimum absolute atomic E-state index is 0.292. The molecule has 2 aromatic carbocycles. The van der Waals surface area contributed by atoms with Gasteiger partial charge in [-0.05, 0) is 36.1 Å². The molecule has 0 saturated carbocycles. The highest BCUT2D eigenvalue weighted by atomic mass is 35.5. The van der Waals surface area contributed by atoms with Gasteiger partial charge in [0, 0.05) is 5.56 Å². The van der Waals surface area contributed by atoms with Crippen LogP contribution < -0.4 is 10.2 Å². The van der Waals surface area contributed by atoms with Gasteiger partial charge in [0.1, 0.15) is 12.4 Å². The summed E-state index contributed by atoms with van der Waals surface area (Å²) >= 11 is 12.0. The van der Waals surface area contributed by atoms with Crippen molar-refractivity contribution in [2.75, 3.05) is 0 Å². The van der Waals surface area contributed by atoms with Crippen LogP contribution in [0.3, 0.4) is 0 Å². The van der Waals surface area contributed by atoms with Crippen LogP contribution in [0.4, 0.5) is 0 Å². The Bertz CT molecular complexity index is 617. The highest BCUT2D eigenvalue weighted by Crippen LogP contribution is 2.26. The molecule has 0 radical (unpaired) electrons. The van der Waals surface area contributed by atoms with Gasteiger partial charge in [-0.2, -0.15) is 0 Å². The van der Waals surface area contributed by atoms with Gasteiger partial charge in [-0.15, -0.1) is 0 Å². The third-order valence-electron chi connectivity index (χ3n) is 2.95. The quantitative estimate of drug-likeness (QED) is 0.853. The molecule has 3 nitrogen and oxygen atoms in total. The van der Waals surface area contributed by atoms with Gasteiger partial charge in [0.25, 0.3) is 0 Å². The van der Waals surface area contributed by atoms with Gasteiger partial charge in [0.2, 0.25) is 0 Å². The van der Waals surface area contributed by atoms with E-state index in [-0.39, 0.29) is 0 Å². The number of hydrogen-bond donors (Lipinski definition) is 2. The molecule has 0 atom stereocenters. The van der Waals surface area contributed by atoms with E-state index in [1.807, 2.05) is 12.1 Å². The Kier molecular flexibility index (Phi) is 4.94. The molecule has 0 aliphatic rings. The van der Waals surface area contributed by atoms with E-state index < -0.39 is 7.12 Å². The normalized spacial score (nSPS) is 10.4. The smallest absolute Gasteiger partial charge is 0.488 e. The Morgan fingerprint density at radius 3 is 2.55 bits per heavy atom. The lowest BCUT2D eigenvalue weighted by Crippen LogP contribution is -2.31. The molecular formula is C14H13BCl2O3. The highest BCUT2D eigenvalue weighted by Gasteiger charge is 2.14. The Labute approximate surface area is 127 Å². The summed E-state index contributed by atoms with van der Waals surface area (Å²) in [6.45, 7) is 2.08. The van der Waals surface area contributed by atoms with Crippen LogP contribution in [0.5, 0.6) is 5.75 Å². The molecule has 0 aromatic heterocycles. The third kappa shape index (κ3) is 3.47. The van der Waals surface area contributed by atoms with Crippen LogP contribution in [0.1, 0.15) is 11.1 Å². The number of aryl methyl sites for hydroxylation is 1. The van der Waals surface area contributed by atoms with Crippen molar-refractivity contribution in [1.29, 1.82) is 0 Å². The topological polar surface area (TPSA) is 49.7 Å². The number of rotatable bonds is 4. The maximum atomic E-state index is 9.15. The average Bonchev–Trinajstić information content (AvgIpc) is 2.40. The second-order valence-electron chi connectivity index (χ2n) is 4.39. The Morgan fingerprint density at radius 2 is 1.90 bits per heavy atom. The molecule has 2 N–H and O–H groups in total. The van der Waals surface area contributed by atoms with E-state index in [2.05, 4.69) is 0 Å². The molecular weight excluding hydrogens is 298 g/mol. The van der Waals surface area contributed by atoms with Gasteiger partial charge in [0.05, 0.1) is 10.0 Å². The highest BCUT2D eigenvalue weighted by molar-refractivity contribution is 6.59. The summed E-state index contributed by atoms with van der Waals surface area (Å²) < 4.78 is 5.64. The van der Waals surface area contributed by atoms with Gasteiger partial charge in [-0.1, -0.05) is 41.4 Å². The summed E-state index contributed by atoms with van der Waals surface area (Å²) in [6, 6.07) is 10.4. The van der Waals surface area contributed by atoms with E-state index in [0.717, 1.165) is 11.1 Å². The zero-order valence-corrected chi connectivity index (χ0v) is 12.3. The van der Waals surface area contributed by atoms with Crippen LogP contribution >= 0.6 is 23.2 Å². The van der Waals surface area contributed by atoms with Crippen LogP contribution in [0.2, 0.25) is 10.0 Å². The lowest BCUT2D eigenvalue weighted by Gasteiger charge is -2.11. The summed E-state index contributed by atoms with van der Waals surface area (Å²) in [5.41, 5.74) is 2.00. The molecule has 2 aromatic rings. The maximum absolute atomic E-state index is 9.15. The molecule has 0 bridgehead atoms. The molecule has 0 aliphatic heterocycles. The minimum Gasteiger partial charge on any atom is -0.489 e. The fourth-order valence-corrected chi connectivity index (χ4v) is 2.22. The first-order valence-corrected chi connectivity index (χ1v) is 6.77. The van der Waals surface area contributed by atoms with Gasteiger partial charge >= 0.3 is 7.12 Å². The molecule has 0 unspecified atom stereocenters. The second kappa shape index (κ2) is 6.50. The number of halogens is 2. The van der Waals surface area contributed by atoms with Crippen molar-refractivity contribution < 1.29 is 14.8 Å². The molecule has 0 fully saturated rings. The monoisotopic (exact) mass is 310 g/mol. The predicted molar refractivity (Wildman–Crippen MR) is 81.8 cm³/mol. The van der Waals surface area contributed by atoms with Crippen LogP contribution in [0, 0.1) is 6.92 Å². The van der Waals surface area contributed by atoms with E-state index in [9.17, 15) is 0 Å². The van der Waals surface area contributed by atoms with Crippen molar-refractivity contribution in [3.8, 4) is 5.75 Å². The van der Waals surface area contributed by atoms with Crippen LogP contribution in [-0.2, 0) is 6.61 Å². The number of benzene rings is 2. The lowest BCUT2D eigenvalue weighted by molar-refractivity contribution is 0.306. The van der Waals surface area contributed by atoms with Crippen molar-refractivity contribution in [3.05, 3.63) is 57.6 Å². The minimum atomic E-state index is -1.48. The van der Waals surface area contributed by atoms with E-state index in [0.29, 0.717) is 27.9 Å². The lowest BCUT2D eigenvalue weighted by atomic mass is 9.77. The van der Waals surface area contributed by atoms with Crippen molar-refractivity contribution in [1.82, 2.24) is 0 Å². The number of hydrogen-bond acceptors (Lipinski definition) is 3. The third-order valence-corrected chi connectivity index (χ3v) is 3.80. The molecule has 2 rings (SSSR count). The molecule has 0 spiro atoms. The van der Waals surface area contributed by atoms with Crippen molar-refractivity contribution >= 4 is 35.8 Å². The average molecular weight is 311 g/mol. The predicted octanol–water partition coefficient (Wildman–Crippen LogP) is 2.56. The first kappa shape index (κ1) is 15.2. The molecule has 0 aliphatic carbocycles. The molecule has 0 saturated heterocycles. The molecule has 104 valence electrons. The van der Waals surface area contributed by atoms with Crippen LogP contribution in [0.15, 0.2) is 36.4 Å². The van der Waals surface area contributed by atoms with Gasteiger partial charge in [-0.3, -0.25) is 0 Å². The molecule has 20 heavy (non-hydrogen) atoms. The summed E-state index contributed by atoms with van der Waals surface area (Å²) in [5.74, 6) is 0.628.